The minimum atomic E-state index is -3.74. The lowest BCUT2D eigenvalue weighted by molar-refractivity contribution is 0.103. The Kier molecular flexibility index (Phi) is 5.31. The number of nitrogens with one attached hydrogen (secondary N) is 1. The summed E-state index contributed by atoms with van der Waals surface area (Å²) >= 11 is 6.97. The number of hydrogen-bond donors (Lipinski definition) is 1. The molecule has 3 aromatic rings. The van der Waals surface area contributed by atoms with E-state index in [2.05, 4.69) is 5.32 Å². The van der Waals surface area contributed by atoms with Gasteiger partial charge in [-0.2, -0.15) is 0 Å². The first-order valence-electron chi connectivity index (χ1n) is 7.57. The van der Waals surface area contributed by atoms with Gasteiger partial charge in [0.25, 0.3) is 15.9 Å². The topological polar surface area (TPSA) is 66.5 Å². The largest absolute Gasteiger partial charge is 0.321 e. The second kappa shape index (κ2) is 7.49. The number of rotatable bonds is 5. The molecule has 26 heavy (non-hydrogen) atoms. The third-order valence-corrected chi connectivity index (χ3v) is 6.74. The van der Waals surface area contributed by atoms with Gasteiger partial charge in [-0.1, -0.05) is 35.9 Å². The molecule has 0 radical (unpaired) electrons. The lowest BCUT2D eigenvalue weighted by Gasteiger charge is -2.18. The van der Waals surface area contributed by atoms with Gasteiger partial charge in [0.05, 0.1) is 15.5 Å². The number of para-hydroxylation sites is 1. The maximum absolute atomic E-state index is 12.8. The standard InChI is InChI=1S/C18H15ClN2O3S2/c1-21(15-8-3-2-4-9-15)26(23,24)16-11-17(25-12-16)18(22)20-14-7-5-6-13(19)10-14/h2-12H,1H3,(H,20,22). The van der Waals surface area contributed by atoms with Crippen LogP contribution in [0.2, 0.25) is 5.02 Å². The molecule has 0 saturated heterocycles. The summed E-state index contributed by atoms with van der Waals surface area (Å²) in [5.41, 5.74) is 1.09. The van der Waals surface area contributed by atoms with Crippen molar-refractivity contribution < 1.29 is 13.2 Å². The molecule has 0 aliphatic heterocycles. The molecule has 0 aliphatic carbocycles. The molecule has 1 amide bonds. The number of sulfonamides is 1. The number of halogens is 1. The van der Waals surface area contributed by atoms with Crippen LogP contribution < -0.4 is 9.62 Å². The first kappa shape index (κ1) is 18.4. The van der Waals surface area contributed by atoms with E-state index in [0.29, 0.717) is 21.3 Å². The third-order valence-electron chi connectivity index (χ3n) is 3.66. The van der Waals surface area contributed by atoms with Crippen LogP contribution in [-0.2, 0) is 10.0 Å². The molecule has 2 aromatic carbocycles. The zero-order chi connectivity index (χ0) is 18.7. The summed E-state index contributed by atoms with van der Waals surface area (Å²) in [6.07, 6.45) is 0. The smallest absolute Gasteiger partial charge is 0.265 e. The maximum Gasteiger partial charge on any atom is 0.265 e. The molecule has 5 nitrogen and oxygen atoms in total. The van der Waals surface area contributed by atoms with Gasteiger partial charge in [-0.15, -0.1) is 11.3 Å². The Morgan fingerprint density at radius 2 is 1.81 bits per heavy atom. The van der Waals surface area contributed by atoms with Crippen LogP contribution in [-0.4, -0.2) is 21.4 Å². The number of thiophene rings is 1. The van der Waals surface area contributed by atoms with E-state index < -0.39 is 10.0 Å². The first-order chi connectivity index (χ1) is 12.4. The van der Waals surface area contributed by atoms with Crippen LogP contribution in [0.3, 0.4) is 0 Å². The van der Waals surface area contributed by atoms with Crippen molar-refractivity contribution in [1.82, 2.24) is 0 Å². The number of benzene rings is 2. The van der Waals surface area contributed by atoms with Crippen molar-refractivity contribution in [2.75, 3.05) is 16.7 Å². The summed E-state index contributed by atoms with van der Waals surface area (Å²) in [6.45, 7) is 0. The average Bonchev–Trinajstić information content (AvgIpc) is 3.13. The number of carbonyl (C=O) groups is 1. The van der Waals surface area contributed by atoms with E-state index in [1.165, 1.54) is 22.8 Å². The van der Waals surface area contributed by atoms with Crippen LogP contribution in [0, 0.1) is 0 Å². The molecule has 0 fully saturated rings. The highest BCUT2D eigenvalue weighted by Crippen LogP contribution is 2.26. The molecule has 0 unspecified atom stereocenters. The van der Waals surface area contributed by atoms with Gasteiger partial charge in [0.15, 0.2) is 0 Å². The van der Waals surface area contributed by atoms with Crippen molar-refractivity contribution in [1.29, 1.82) is 0 Å². The summed E-state index contributed by atoms with van der Waals surface area (Å²) in [5, 5.41) is 4.66. The Hall–Kier alpha value is -2.35. The highest BCUT2D eigenvalue weighted by Gasteiger charge is 2.24. The summed E-state index contributed by atoms with van der Waals surface area (Å²) < 4.78 is 26.7. The molecule has 0 aliphatic rings. The number of amides is 1. The molecule has 0 saturated carbocycles. The minimum Gasteiger partial charge on any atom is -0.321 e. The fraction of sp³-hybridized carbons (Fsp3) is 0.0556. The van der Waals surface area contributed by atoms with Crippen molar-refractivity contribution in [2.45, 2.75) is 4.90 Å². The van der Waals surface area contributed by atoms with Gasteiger partial charge in [0.2, 0.25) is 0 Å². The normalized spacial score (nSPS) is 11.2. The first-order valence-corrected chi connectivity index (χ1v) is 10.3. The zero-order valence-corrected chi connectivity index (χ0v) is 16.1. The molecule has 0 bridgehead atoms. The van der Waals surface area contributed by atoms with Crippen LogP contribution >= 0.6 is 22.9 Å². The predicted molar refractivity (Wildman–Crippen MR) is 106 cm³/mol. The van der Waals surface area contributed by atoms with Crippen LogP contribution in [0.15, 0.2) is 70.9 Å². The number of carbonyl (C=O) groups excluding carboxylic acids is 1. The van der Waals surface area contributed by atoms with Crippen LogP contribution in [0.25, 0.3) is 0 Å². The fourth-order valence-corrected chi connectivity index (χ4v) is 4.81. The Balaban J connectivity index is 1.81. The second-order valence-corrected chi connectivity index (χ2v) is 8.74. The molecule has 8 heteroatoms. The Morgan fingerprint density at radius 1 is 1.08 bits per heavy atom. The molecule has 1 heterocycles. The van der Waals surface area contributed by atoms with Gasteiger partial charge in [-0.3, -0.25) is 9.10 Å². The highest BCUT2D eigenvalue weighted by molar-refractivity contribution is 7.93. The van der Waals surface area contributed by atoms with E-state index in [-0.39, 0.29) is 10.8 Å². The Bertz CT molecular complexity index is 1030. The molecule has 134 valence electrons. The fourth-order valence-electron chi connectivity index (χ4n) is 2.27. The van der Waals surface area contributed by atoms with Crippen molar-refractivity contribution >= 4 is 50.2 Å². The summed E-state index contributed by atoms with van der Waals surface area (Å²) in [6, 6.07) is 16.9. The van der Waals surface area contributed by atoms with E-state index in [1.807, 2.05) is 6.07 Å². The van der Waals surface area contributed by atoms with E-state index in [0.717, 1.165) is 11.3 Å². The van der Waals surface area contributed by atoms with Crippen molar-refractivity contribution in [3.05, 3.63) is 75.9 Å². The molecule has 0 spiro atoms. The third kappa shape index (κ3) is 3.90. The Labute approximate surface area is 160 Å². The molecular formula is C18H15ClN2O3S2. The van der Waals surface area contributed by atoms with E-state index in [1.54, 1.807) is 48.5 Å². The quantitative estimate of drug-likeness (QED) is 0.679. The summed E-state index contributed by atoms with van der Waals surface area (Å²) in [7, 11) is -2.26. The minimum absolute atomic E-state index is 0.0742. The van der Waals surface area contributed by atoms with Gasteiger partial charge in [0, 0.05) is 23.1 Å². The molecular weight excluding hydrogens is 392 g/mol. The maximum atomic E-state index is 12.8. The van der Waals surface area contributed by atoms with Gasteiger partial charge >= 0.3 is 0 Å². The second-order valence-electron chi connectivity index (χ2n) is 5.42. The number of hydrogen-bond acceptors (Lipinski definition) is 4. The van der Waals surface area contributed by atoms with Crippen LogP contribution in [0.1, 0.15) is 9.67 Å². The van der Waals surface area contributed by atoms with E-state index in [9.17, 15) is 13.2 Å². The summed E-state index contributed by atoms with van der Waals surface area (Å²) in [4.78, 5) is 12.7. The molecule has 1 N–H and O–H groups in total. The van der Waals surface area contributed by atoms with E-state index in [4.69, 9.17) is 11.6 Å². The highest BCUT2D eigenvalue weighted by atomic mass is 35.5. The van der Waals surface area contributed by atoms with Crippen molar-refractivity contribution in [2.24, 2.45) is 0 Å². The molecule has 1 aromatic heterocycles. The van der Waals surface area contributed by atoms with Gasteiger partial charge < -0.3 is 5.32 Å². The average molecular weight is 407 g/mol. The number of nitrogens with zero attached hydrogens (tertiary/aromatic N) is 1. The van der Waals surface area contributed by atoms with Gasteiger partial charge in [-0.05, 0) is 36.4 Å². The van der Waals surface area contributed by atoms with Crippen molar-refractivity contribution in [3.63, 3.8) is 0 Å². The number of anilines is 2. The van der Waals surface area contributed by atoms with Gasteiger partial charge in [0.1, 0.15) is 0 Å². The van der Waals surface area contributed by atoms with Gasteiger partial charge in [-0.25, -0.2) is 8.42 Å². The van der Waals surface area contributed by atoms with E-state index >= 15 is 0 Å². The SMILES string of the molecule is CN(c1ccccc1)S(=O)(=O)c1csc(C(=O)Nc2cccc(Cl)c2)c1. The lowest BCUT2D eigenvalue weighted by atomic mass is 10.3. The van der Waals surface area contributed by atoms with Crippen LogP contribution in [0.4, 0.5) is 11.4 Å². The summed E-state index contributed by atoms with van der Waals surface area (Å²) in [5.74, 6) is -0.388. The Morgan fingerprint density at radius 3 is 2.50 bits per heavy atom. The molecule has 3 rings (SSSR count). The molecule has 0 atom stereocenters. The predicted octanol–water partition coefficient (Wildman–Crippen LogP) is 4.48. The van der Waals surface area contributed by atoms with Crippen LogP contribution in [0.5, 0.6) is 0 Å². The lowest BCUT2D eigenvalue weighted by Crippen LogP contribution is -2.26. The monoisotopic (exact) mass is 406 g/mol. The zero-order valence-electron chi connectivity index (χ0n) is 13.7. The van der Waals surface area contributed by atoms with Crippen molar-refractivity contribution in [3.8, 4) is 0 Å².